The predicted molar refractivity (Wildman–Crippen MR) is 145 cm³/mol. The van der Waals surface area contributed by atoms with Gasteiger partial charge >= 0.3 is 11.9 Å². The number of esters is 2. The maximum absolute atomic E-state index is 13.4. The van der Waals surface area contributed by atoms with Crippen LogP contribution in [0.1, 0.15) is 48.5 Å². The van der Waals surface area contributed by atoms with Gasteiger partial charge in [0.05, 0.1) is 47.4 Å². The number of nitro groups is 1. The number of aromatic nitrogens is 1. The Labute approximate surface area is 239 Å². The summed E-state index contributed by atoms with van der Waals surface area (Å²) in [5.41, 5.74) is 1.21. The van der Waals surface area contributed by atoms with E-state index in [9.17, 15) is 34.6 Å². The highest BCUT2D eigenvalue weighted by Crippen LogP contribution is 2.40. The lowest BCUT2D eigenvalue weighted by molar-refractivity contribution is -0.757. The molecule has 0 aliphatic carbocycles. The van der Waals surface area contributed by atoms with Gasteiger partial charge in [0.2, 0.25) is 0 Å². The molecule has 3 rings (SSSR count). The van der Waals surface area contributed by atoms with Gasteiger partial charge in [-0.1, -0.05) is 12.1 Å². The summed E-state index contributed by atoms with van der Waals surface area (Å²) in [5, 5.41) is 26.5. The minimum Gasteiger partial charge on any atom is -0.462 e. The van der Waals surface area contributed by atoms with Gasteiger partial charge in [0.25, 0.3) is 16.7 Å². The van der Waals surface area contributed by atoms with Gasteiger partial charge in [-0.05, 0) is 38.0 Å². The first-order valence-corrected chi connectivity index (χ1v) is 12.8. The molecule has 0 fully saturated rings. The van der Waals surface area contributed by atoms with Gasteiger partial charge in [-0.3, -0.25) is 19.9 Å². The van der Waals surface area contributed by atoms with Crippen LogP contribution in [-0.2, 0) is 23.9 Å². The van der Waals surface area contributed by atoms with E-state index in [1.54, 1.807) is 38.2 Å². The molecule has 0 radical (unpaired) electrons. The number of pyridine rings is 1. The fraction of sp³-hybridized carbons (Fsp3) is 0.333. The minimum atomic E-state index is -1.08. The summed E-state index contributed by atoms with van der Waals surface area (Å²) < 4.78 is 10.8. The Morgan fingerprint density at radius 3 is 2.21 bits per heavy atom. The van der Waals surface area contributed by atoms with Crippen LogP contribution in [0.4, 0.5) is 5.69 Å². The van der Waals surface area contributed by atoms with Crippen molar-refractivity contribution >= 4 is 23.5 Å². The van der Waals surface area contributed by atoms with Gasteiger partial charge in [-0.25, -0.2) is 9.59 Å². The Bertz CT molecular complexity index is 1410. The Morgan fingerprint density at radius 1 is 0.952 bits per heavy atom. The van der Waals surface area contributed by atoms with E-state index in [4.69, 9.17) is 9.47 Å². The van der Waals surface area contributed by atoms with Crippen LogP contribution in [0.2, 0.25) is 0 Å². The van der Waals surface area contributed by atoms with Crippen LogP contribution in [-0.4, -0.2) is 59.2 Å². The Kier molecular flexibility index (Phi) is 11.0. The molecule has 1 amide bonds. The number of ether oxygens (including phenoxy) is 2. The SMILES string of the molecule is CC1=C(C(=O)OCCCNC(=O)c2cccnc2)C(c2cccc([N+](=O)[O-])c2)C(C(=O)OCCCO[N+](=O)[O-])=C(C)N1. The summed E-state index contributed by atoms with van der Waals surface area (Å²) in [6.45, 7) is 2.84. The molecule has 1 aliphatic rings. The molecule has 15 heteroatoms. The zero-order valence-electron chi connectivity index (χ0n) is 22.9. The van der Waals surface area contributed by atoms with Crippen LogP contribution in [0.3, 0.4) is 0 Å². The van der Waals surface area contributed by atoms with Gasteiger partial charge in [-0.2, -0.15) is 0 Å². The van der Waals surface area contributed by atoms with Gasteiger partial charge in [0, 0.05) is 48.9 Å². The molecule has 0 spiro atoms. The average molecular weight is 584 g/mol. The van der Waals surface area contributed by atoms with E-state index < -0.39 is 27.9 Å². The van der Waals surface area contributed by atoms with E-state index in [0.717, 1.165) is 0 Å². The van der Waals surface area contributed by atoms with E-state index in [2.05, 4.69) is 20.5 Å². The molecule has 1 atom stereocenters. The summed E-state index contributed by atoms with van der Waals surface area (Å²) in [6, 6.07) is 8.77. The monoisotopic (exact) mass is 583 g/mol. The smallest absolute Gasteiger partial charge is 0.336 e. The molecule has 2 aromatic rings. The number of nitro benzene ring substituents is 1. The molecule has 1 aliphatic heterocycles. The van der Waals surface area contributed by atoms with Crippen molar-refractivity contribution in [3.63, 3.8) is 0 Å². The van der Waals surface area contributed by atoms with Crippen LogP contribution >= 0.6 is 0 Å². The molecular weight excluding hydrogens is 554 g/mol. The lowest BCUT2D eigenvalue weighted by Gasteiger charge is -2.30. The first kappa shape index (κ1) is 31.2. The number of nitrogens with zero attached hydrogens (tertiary/aromatic N) is 3. The quantitative estimate of drug-likeness (QED) is 0.143. The van der Waals surface area contributed by atoms with Crippen LogP contribution in [0, 0.1) is 20.2 Å². The number of benzene rings is 1. The van der Waals surface area contributed by atoms with Crippen molar-refractivity contribution in [2.75, 3.05) is 26.4 Å². The Balaban J connectivity index is 1.76. The number of nitrogens with one attached hydrogen (secondary N) is 2. The molecule has 1 aromatic carbocycles. The van der Waals surface area contributed by atoms with Crippen LogP contribution < -0.4 is 10.6 Å². The van der Waals surface area contributed by atoms with Crippen LogP contribution in [0.25, 0.3) is 0 Å². The zero-order chi connectivity index (χ0) is 30.6. The molecule has 0 saturated carbocycles. The fourth-order valence-electron chi connectivity index (χ4n) is 4.24. The Morgan fingerprint density at radius 2 is 1.62 bits per heavy atom. The molecule has 2 N–H and O–H groups in total. The van der Waals surface area contributed by atoms with Crippen molar-refractivity contribution in [3.8, 4) is 0 Å². The number of hydrogen-bond acceptors (Lipinski definition) is 12. The normalized spacial score (nSPS) is 14.5. The van der Waals surface area contributed by atoms with Crippen LogP contribution in [0.15, 0.2) is 71.3 Å². The summed E-state index contributed by atoms with van der Waals surface area (Å²) in [7, 11) is 0. The highest BCUT2D eigenvalue weighted by molar-refractivity contribution is 6.00. The molecule has 1 unspecified atom stereocenters. The zero-order valence-corrected chi connectivity index (χ0v) is 22.9. The molecule has 0 bridgehead atoms. The second-order valence-corrected chi connectivity index (χ2v) is 9.02. The predicted octanol–water partition coefficient (Wildman–Crippen LogP) is 2.73. The number of rotatable bonds is 14. The second kappa shape index (κ2) is 14.9. The van der Waals surface area contributed by atoms with Crippen molar-refractivity contribution in [3.05, 3.63) is 103 Å². The van der Waals surface area contributed by atoms with Crippen molar-refractivity contribution in [2.45, 2.75) is 32.6 Å². The van der Waals surface area contributed by atoms with E-state index in [1.807, 2.05) is 0 Å². The first-order chi connectivity index (χ1) is 20.1. The van der Waals surface area contributed by atoms with E-state index in [-0.39, 0.29) is 67.5 Å². The fourth-order valence-corrected chi connectivity index (χ4v) is 4.24. The third-order valence-electron chi connectivity index (χ3n) is 6.10. The van der Waals surface area contributed by atoms with Gasteiger partial charge in [0.1, 0.15) is 0 Å². The lowest BCUT2D eigenvalue weighted by Crippen LogP contribution is -2.33. The average Bonchev–Trinajstić information content (AvgIpc) is 2.96. The van der Waals surface area contributed by atoms with Crippen molar-refractivity contribution in [2.24, 2.45) is 0 Å². The standard InChI is InChI=1S/C27H29N5O10/c1-17-22(26(34)40-12-5-11-29-25(33)20-8-4-10-28-16-20)24(19-7-3-9-21(15-19)31(36)37)23(18(2)30-17)27(35)41-13-6-14-42-32(38)39/h3-4,7-10,15-16,24,30H,5-6,11-14H2,1-2H3,(H,29,33). The van der Waals surface area contributed by atoms with Gasteiger partial charge in [-0.15, -0.1) is 10.1 Å². The Hall–Kier alpha value is -5.34. The summed E-state index contributed by atoms with van der Waals surface area (Å²) in [4.78, 5) is 68.1. The third kappa shape index (κ3) is 8.33. The number of allylic oxidation sites excluding steroid dienone is 2. The third-order valence-corrected chi connectivity index (χ3v) is 6.10. The number of dihydropyridines is 1. The maximum atomic E-state index is 13.4. The lowest BCUT2D eigenvalue weighted by atomic mass is 9.80. The summed E-state index contributed by atoms with van der Waals surface area (Å²) >= 11 is 0. The van der Waals surface area contributed by atoms with Crippen molar-refractivity contribution < 1.29 is 38.7 Å². The largest absolute Gasteiger partial charge is 0.462 e. The van der Waals surface area contributed by atoms with Crippen molar-refractivity contribution in [1.82, 2.24) is 15.6 Å². The van der Waals surface area contributed by atoms with E-state index in [0.29, 0.717) is 17.0 Å². The van der Waals surface area contributed by atoms with E-state index in [1.165, 1.54) is 24.4 Å². The van der Waals surface area contributed by atoms with Crippen LogP contribution in [0.5, 0.6) is 0 Å². The second-order valence-electron chi connectivity index (χ2n) is 9.02. The van der Waals surface area contributed by atoms with Crippen molar-refractivity contribution in [1.29, 1.82) is 0 Å². The molecule has 0 saturated heterocycles. The number of non-ortho nitro benzene ring substituents is 1. The molecule has 1 aromatic heterocycles. The molecular formula is C27H29N5O10. The molecule has 15 nitrogen and oxygen atoms in total. The number of carbonyl (C=O) groups excluding carboxylic acids is 3. The molecule has 222 valence electrons. The minimum absolute atomic E-state index is 0.0203. The van der Waals surface area contributed by atoms with Gasteiger partial charge in [0.15, 0.2) is 0 Å². The molecule has 2 heterocycles. The number of amides is 1. The van der Waals surface area contributed by atoms with E-state index >= 15 is 0 Å². The maximum Gasteiger partial charge on any atom is 0.336 e. The summed E-state index contributed by atoms with van der Waals surface area (Å²) in [6.07, 6.45) is 3.29. The number of carbonyl (C=O) groups is 3. The first-order valence-electron chi connectivity index (χ1n) is 12.8. The highest BCUT2D eigenvalue weighted by Gasteiger charge is 2.38. The highest BCUT2D eigenvalue weighted by atomic mass is 16.9. The molecule has 42 heavy (non-hydrogen) atoms. The van der Waals surface area contributed by atoms with Gasteiger partial charge < -0.3 is 24.9 Å². The summed E-state index contributed by atoms with van der Waals surface area (Å²) in [5.74, 6) is -3.00. The number of hydrogen-bond donors (Lipinski definition) is 2. The topological polar surface area (TPSA) is 202 Å².